The van der Waals surface area contributed by atoms with Crippen molar-refractivity contribution in [3.8, 4) is 5.75 Å². The Labute approximate surface area is 80.6 Å². The maximum absolute atomic E-state index is 5.94. The molecular formula is C9H9ClN2O. The molecule has 0 radical (unpaired) electrons. The van der Waals surface area contributed by atoms with Gasteiger partial charge in [-0.15, -0.1) is 0 Å². The van der Waals surface area contributed by atoms with E-state index in [0.29, 0.717) is 10.8 Å². The standard InChI is InChI=1S/C9H9ClN2O/c1-13-9-4-6-2-3-12(11)8(6)5-7(9)10/h2-5H,11H2,1H3. The van der Waals surface area contributed by atoms with Gasteiger partial charge in [0.05, 0.1) is 17.6 Å². The van der Waals surface area contributed by atoms with Crippen molar-refractivity contribution in [2.45, 2.75) is 0 Å². The van der Waals surface area contributed by atoms with Gasteiger partial charge in [0.25, 0.3) is 0 Å². The van der Waals surface area contributed by atoms with E-state index in [1.165, 1.54) is 4.68 Å². The number of rotatable bonds is 1. The van der Waals surface area contributed by atoms with Gasteiger partial charge in [0.2, 0.25) is 0 Å². The molecule has 2 N–H and O–H groups in total. The van der Waals surface area contributed by atoms with Gasteiger partial charge >= 0.3 is 0 Å². The number of nitrogens with zero attached hydrogens (tertiary/aromatic N) is 1. The van der Waals surface area contributed by atoms with Crippen LogP contribution in [0.25, 0.3) is 10.9 Å². The number of benzene rings is 1. The number of fused-ring (bicyclic) bond motifs is 1. The molecule has 0 spiro atoms. The van der Waals surface area contributed by atoms with E-state index in [4.69, 9.17) is 22.2 Å². The van der Waals surface area contributed by atoms with Gasteiger partial charge in [0.1, 0.15) is 5.75 Å². The Hall–Kier alpha value is -1.35. The highest BCUT2D eigenvalue weighted by molar-refractivity contribution is 6.32. The summed E-state index contributed by atoms with van der Waals surface area (Å²) >= 11 is 5.94. The Morgan fingerprint density at radius 2 is 2.23 bits per heavy atom. The fourth-order valence-corrected chi connectivity index (χ4v) is 1.55. The molecule has 3 nitrogen and oxygen atoms in total. The van der Waals surface area contributed by atoms with E-state index in [1.54, 1.807) is 19.4 Å². The number of hydrogen-bond donors (Lipinski definition) is 1. The molecule has 0 saturated heterocycles. The molecule has 1 aromatic carbocycles. The van der Waals surface area contributed by atoms with E-state index in [0.717, 1.165) is 10.9 Å². The average Bonchev–Trinajstić information content (AvgIpc) is 2.47. The van der Waals surface area contributed by atoms with E-state index >= 15 is 0 Å². The molecule has 68 valence electrons. The number of nitrogens with two attached hydrogens (primary N) is 1. The van der Waals surface area contributed by atoms with Crippen molar-refractivity contribution >= 4 is 22.5 Å². The smallest absolute Gasteiger partial charge is 0.138 e. The minimum absolute atomic E-state index is 0.570. The lowest BCUT2D eigenvalue weighted by Crippen LogP contribution is -2.04. The molecule has 0 atom stereocenters. The van der Waals surface area contributed by atoms with Crippen LogP contribution in [-0.2, 0) is 0 Å². The highest BCUT2D eigenvalue weighted by atomic mass is 35.5. The Morgan fingerprint density at radius 3 is 2.92 bits per heavy atom. The molecule has 0 aliphatic rings. The minimum Gasteiger partial charge on any atom is -0.495 e. The van der Waals surface area contributed by atoms with E-state index in [9.17, 15) is 0 Å². The maximum Gasteiger partial charge on any atom is 0.138 e. The zero-order valence-electron chi connectivity index (χ0n) is 7.12. The molecule has 0 aliphatic heterocycles. The molecule has 0 aliphatic carbocycles. The van der Waals surface area contributed by atoms with Crippen molar-refractivity contribution in [2.24, 2.45) is 0 Å². The van der Waals surface area contributed by atoms with Crippen LogP contribution >= 0.6 is 11.6 Å². The topological polar surface area (TPSA) is 40.2 Å². The van der Waals surface area contributed by atoms with Gasteiger partial charge in [-0.25, -0.2) is 0 Å². The van der Waals surface area contributed by atoms with Crippen LogP contribution < -0.4 is 10.6 Å². The first kappa shape index (κ1) is 8.26. The lowest BCUT2D eigenvalue weighted by atomic mass is 10.2. The van der Waals surface area contributed by atoms with Crippen LogP contribution in [0, 0.1) is 0 Å². The van der Waals surface area contributed by atoms with Crippen LogP contribution in [0.2, 0.25) is 5.02 Å². The van der Waals surface area contributed by atoms with Gasteiger partial charge in [-0.1, -0.05) is 11.6 Å². The summed E-state index contributed by atoms with van der Waals surface area (Å²) in [6.45, 7) is 0. The first-order valence-electron chi connectivity index (χ1n) is 3.82. The molecule has 0 saturated carbocycles. The van der Waals surface area contributed by atoms with Crippen LogP contribution in [0.4, 0.5) is 0 Å². The van der Waals surface area contributed by atoms with E-state index in [-0.39, 0.29) is 0 Å². The summed E-state index contributed by atoms with van der Waals surface area (Å²) in [5.74, 6) is 6.32. The van der Waals surface area contributed by atoms with Crippen molar-refractivity contribution in [1.29, 1.82) is 0 Å². The van der Waals surface area contributed by atoms with Crippen molar-refractivity contribution in [3.05, 3.63) is 29.4 Å². The van der Waals surface area contributed by atoms with Gasteiger partial charge < -0.3 is 10.6 Å². The van der Waals surface area contributed by atoms with Gasteiger partial charge in [-0.05, 0) is 18.2 Å². The predicted octanol–water partition coefficient (Wildman–Crippen LogP) is 2.02. The van der Waals surface area contributed by atoms with Crippen LogP contribution in [0.5, 0.6) is 5.75 Å². The van der Waals surface area contributed by atoms with E-state index in [2.05, 4.69) is 0 Å². The number of hydrogen-bond acceptors (Lipinski definition) is 2. The molecule has 1 heterocycles. The number of methoxy groups -OCH3 is 1. The van der Waals surface area contributed by atoms with Crippen LogP contribution in [0.1, 0.15) is 0 Å². The zero-order valence-corrected chi connectivity index (χ0v) is 7.88. The quantitative estimate of drug-likeness (QED) is 0.709. The molecule has 2 aromatic rings. The summed E-state index contributed by atoms with van der Waals surface area (Å²) in [6.07, 6.45) is 1.78. The predicted molar refractivity (Wildman–Crippen MR) is 53.7 cm³/mol. The van der Waals surface area contributed by atoms with Crippen LogP contribution in [-0.4, -0.2) is 11.8 Å². The van der Waals surface area contributed by atoms with Gasteiger partial charge in [-0.3, -0.25) is 4.68 Å². The molecule has 0 amide bonds. The van der Waals surface area contributed by atoms with E-state index < -0.39 is 0 Å². The Kier molecular flexibility index (Phi) is 1.81. The number of aromatic nitrogens is 1. The molecule has 4 heteroatoms. The second kappa shape index (κ2) is 2.85. The summed E-state index contributed by atoms with van der Waals surface area (Å²) in [4.78, 5) is 0. The first-order chi connectivity index (χ1) is 6.22. The van der Waals surface area contributed by atoms with Gasteiger partial charge in [-0.2, -0.15) is 0 Å². The highest BCUT2D eigenvalue weighted by Crippen LogP contribution is 2.29. The average molecular weight is 197 g/mol. The molecule has 2 rings (SSSR count). The van der Waals surface area contributed by atoms with Crippen molar-refractivity contribution in [1.82, 2.24) is 4.68 Å². The van der Waals surface area contributed by atoms with Crippen molar-refractivity contribution in [3.63, 3.8) is 0 Å². The van der Waals surface area contributed by atoms with Crippen LogP contribution in [0.3, 0.4) is 0 Å². The number of halogens is 1. The Morgan fingerprint density at radius 1 is 1.46 bits per heavy atom. The third-order valence-corrected chi connectivity index (χ3v) is 2.29. The molecule has 1 aromatic heterocycles. The minimum atomic E-state index is 0.570. The monoisotopic (exact) mass is 196 g/mol. The molecule has 0 fully saturated rings. The lowest BCUT2D eigenvalue weighted by molar-refractivity contribution is 0.415. The molecular weight excluding hydrogens is 188 g/mol. The fourth-order valence-electron chi connectivity index (χ4n) is 1.31. The SMILES string of the molecule is COc1cc2ccn(N)c2cc1Cl. The van der Waals surface area contributed by atoms with Gasteiger partial charge in [0.15, 0.2) is 0 Å². The highest BCUT2D eigenvalue weighted by Gasteiger charge is 2.05. The second-order valence-electron chi connectivity index (χ2n) is 2.77. The third kappa shape index (κ3) is 1.21. The molecule has 0 bridgehead atoms. The van der Waals surface area contributed by atoms with Crippen molar-refractivity contribution in [2.75, 3.05) is 13.0 Å². The van der Waals surface area contributed by atoms with Crippen molar-refractivity contribution < 1.29 is 4.74 Å². The van der Waals surface area contributed by atoms with E-state index in [1.807, 2.05) is 12.1 Å². The fraction of sp³-hybridized carbons (Fsp3) is 0.111. The summed E-state index contributed by atoms with van der Waals surface area (Å²) < 4.78 is 6.61. The number of ether oxygens (including phenoxy) is 1. The second-order valence-corrected chi connectivity index (χ2v) is 3.18. The van der Waals surface area contributed by atoms with Gasteiger partial charge in [0, 0.05) is 11.6 Å². The molecule has 0 unspecified atom stereocenters. The Balaban J connectivity index is 2.76. The third-order valence-electron chi connectivity index (χ3n) is 1.99. The largest absolute Gasteiger partial charge is 0.495 e. The summed E-state index contributed by atoms with van der Waals surface area (Å²) in [5, 5.41) is 1.59. The van der Waals surface area contributed by atoms with Crippen LogP contribution in [0.15, 0.2) is 24.4 Å². The first-order valence-corrected chi connectivity index (χ1v) is 4.20. The Bertz CT molecular complexity index is 450. The lowest BCUT2D eigenvalue weighted by Gasteiger charge is -2.03. The summed E-state index contributed by atoms with van der Waals surface area (Å²) in [6, 6.07) is 5.56. The number of nitrogen functional groups attached to an aromatic ring is 1. The maximum atomic E-state index is 5.94. The summed E-state index contributed by atoms with van der Waals surface area (Å²) in [5.41, 5.74) is 0.894. The molecule has 13 heavy (non-hydrogen) atoms. The normalized spacial score (nSPS) is 10.6. The summed E-state index contributed by atoms with van der Waals surface area (Å²) in [7, 11) is 1.59. The zero-order chi connectivity index (χ0) is 9.42.